The summed E-state index contributed by atoms with van der Waals surface area (Å²) < 4.78 is 5.18. The Kier molecular flexibility index (Phi) is 6.67. The Hall–Kier alpha value is -1.79. The lowest BCUT2D eigenvalue weighted by Crippen LogP contribution is -2.55. The van der Waals surface area contributed by atoms with Crippen LogP contribution in [-0.4, -0.2) is 76.2 Å². The lowest BCUT2D eigenvalue weighted by atomic mass is 10.2. The van der Waals surface area contributed by atoms with Crippen molar-refractivity contribution in [2.24, 2.45) is 4.99 Å². The first-order chi connectivity index (χ1) is 11.1. The summed E-state index contributed by atoms with van der Waals surface area (Å²) in [7, 11) is 7.85. The molecule has 1 saturated heterocycles. The van der Waals surface area contributed by atoms with Gasteiger partial charge < -0.3 is 20.3 Å². The summed E-state index contributed by atoms with van der Waals surface area (Å²) in [5.41, 5.74) is 1.20. The van der Waals surface area contributed by atoms with Crippen molar-refractivity contribution in [3.05, 3.63) is 29.8 Å². The molecule has 1 aliphatic heterocycles. The van der Waals surface area contributed by atoms with Gasteiger partial charge in [-0.2, -0.15) is 0 Å². The highest BCUT2D eigenvalue weighted by molar-refractivity contribution is 5.79. The van der Waals surface area contributed by atoms with Crippen LogP contribution in [0.15, 0.2) is 29.3 Å². The number of piperazine rings is 1. The summed E-state index contributed by atoms with van der Waals surface area (Å²) in [6, 6.07) is 8.57. The van der Waals surface area contributed by atoms with E-state index in [0.29, 0.717) is 6.04 Å². The van der Waals surface area contributed by atoms with Crippen LogP contribution < -0.4 is 15.4 Å². The molecule has 1 heterocycles. The number of aliphatic imine (C=N–C) groups is 1. The molecule has 2 rings (SSSR count). The molecule has 0 saturated carbocycles. The average Bonchev–Trinajstić information content (AvgIpc) is 2.58. The second kappa shape index (κ2) is 8.74. The van der Waals surface area contributed by atoms with Crippen molar-refractivity contribution in [1.82, 2.24) is 20.4 Å². The van der Waals surface area contributed by atoms with Gasteiger partial charge in [0.25, 0.3) is 0 Å². The van der Waals surface area contributed by atoms with Crippen LogP contribution in [-0.2, 0) is 6.54 Å². The van der Waals surface area contributed by atoms with Crippen LogP contribution in [0.3, 0.4) is 0 Å². The molecule has 6 nitrogen and oxygen atoms in total. The maximum atomic E-state index is 5.18. The van der Waals surface area contributed by atoms with Gasteiger partial charge in [-0.15, -0.1) is 0 Å². The molecule has 23 heavy (non-hydrogen) atoms. The van der Waals surface area contributed by atoms with Crippen LogP contribution in [0.2, 0.25) is 0 Å². The minimum atomic E-state index is 0.508. The van der Waals surface area contributed by atoms with Gasteiger partial charge in [0, 0.05) is 45.8 Å². The Labute approximate surface area is 139 Å². The molecule has 128 valence electrons. The predicted octanol–water partition coefficient (Wildman–Crippen LogP) is 0.606. The molecule has 1 aliphatic rings. The normalized spacial score (nSPS) is 20.3. The number of guanidine groups is 1. The smallest absolute Gasteiger partial charge is 0.191 e. The van der Waals surface area contributed by atoms with Crippen LogP contribution >= 0.6 is 0 Å². The van der Waals surface area contributed by atoms with Gasteiger partial charge in [-0.1, -0.05) is 12.1 Å². The van der Waals surface area contributed by atoms with Crippen LogP contribution in [0, 0.1) is 0 Å². The Morgan fingerprint density at radius 1 is 1.22 bits per heavy atom. The van der Waals surface area contributed by atoms with Crippen LogP contribution in [0.4, 0.5) is 0 Å². The molecule has 6 heteroatoms. The van der Waals surface area contributed by atoms with E-state index in [0.717, 1.165) is 44.4 Å². The van der Waals surface area contributed by atoms with E-state index in [9.17, 15) is 0 Å². The summed E-state index contributed by atoms with van der Waals surface area (Å²) in [6.07, 6.45) is 0. The van der Waals surface area contributed by atoms with Crippen molar-refractivity contribution in [1.29, 1.82) is 0 Å². The number of methoxy groups -OCH3 is 1. The minimum absolute atomic E-state index is 0.508. The lowest BCUT2D eigenvalue weighted by Gasteiger charge is -2.37. The second-order valence-electron chi connectivity index (χ2n) is 6.05. The molecule has 0 spiro atoms. The molecule has 1 fully saturated rings. The Balaban J connectivity index is 1.78. The maximum Gasteiger partial charge on any atom is 0.191 e. The topological polar surface area (TPSA) is 52.1 Å². The van der Waals surface area contributed by atoms with Gasteiger partial charge in [0.1, 0.15) is 5.75 Å². The standard InChI is InChI=1S/C17H29N5O/c1-18-17(19-11-14-5-7-16(23-4)8-6-14)20-12-15-13-21(2)9-10-22(15)3/h5-8,15H,9-13H2,1-4H3,(H2,18,19,20). The number of nitrogens with zero attached hydrogens (tertiary/aromatic N) is 3. The molecule has 0 amide bonds. The first kappa shape index (κ1) is 17.6. The Bertz CT molecular complexity index is 502. The van der Waals surface area contributed by atoms with Gasteiger partial charge in [0.05, 0.1) is 7.11 Å². The largest absolute Gasteiger partial charge is 0.497 e. The molecule has 0 aromatic heterocycles. The van der Waals surface area contributed by atoms with E-state index >= 15 is 0 Å². The number of likely N-dealkylation sites (N-methyl/N-ethyl adjacent to an activating group) is 2. The number of ether oxygens (including phenoxy) is 1. The van der Waals surface area contributed by atoms with Crippen LogP contribution in [0.25, 0.3) is 0 Å². The molecule has 1 atom stereocenters. The van der Waals surface area contributed by atoms with E-state index in [4.69, 9.17) is 4.74 Å². The molecular weight excluding hydrogens is 290 g/mol. The molecule has 1 aromatic carbocycles. The number of rotatable bonds is 5. The monoisotopic (exact) mass is 319 g/mol. The maximum absolute atomic E-state index is 5.18. The molecule has 1 aromatic rings. The predicted molar refractivity (Wildman–Crippen MR) is 95.1 cm³/mol. The molecule has 0 bridgehead atoms. The van der Waals surface area contributed by atoms with E-state index in [2.05, 4.69) is 51.7 Å². The zero-order valence-electron chi connectivity index (χ0n) is 14.7. The Morgan fingerprint density at radius 2 is 1.96 bits per heavy atom. The molecule has 0 aliphatic carbocycles. The van der Waals surface area contributed by atoms with Crippen molar-refractivity contribution in [3.8, 4) is 5.75 Å². The van der Waals surface area contributed by atoms with E-state index < -0.39 is 0 Å². The minimum Gasteiger partial charge on any atom is -0.497 e. The highest BCUT2D eigenvalue weighted by atomic mass is 16.5. The number of benzene rings is 1. The molecule has 2 N–H and O–H groups in total. The fourth-order valence-electron chi connectivity index (χ4n) is 2.69. The highest BCUT2D eigenvalue weighted by Gasteiger charge is 2.21. The van der Waals surface area contributed by atoms with Gasteiger partial charge >= 0.3 is 0 Å². The van der Waals surface area contributed by atoms with E-state index in [1.54, 1.807) is 14.2 Å². The van der Waals surface area contributed by atoms with Crippen molar-refractivity contribution in [2.45, 2.75) is 12.6 Å². The van der Waals surface area contributed by atoms with Gasteiger partial charge in [0.15, 0.2) is 5.96 Å². The Morgan fingerprint density at radius 3 is 2.61 bits per heavy atom. The quantitative estimate of drug-likeness (QED) is 0.615. The molecular formula is C17H29N5O. The molecule has 0 radical (unpaired) electrons. The van der Waals surface area contributed by atoms with Gasteiger partial charge in [-0.05, 0) is 31.8 Å². The van der Waals surface area contributed by atoms with Crippen LogP contribution in [0.1, 0.15) is 5.56 Å². The fourth-order valence-corrected chi connectivity index (χ4v) is 2.69. The SMILES string of the molecule is CN=C(NCc1ccc(OC)cc1)NCC1CN(C)CCN1C. The number of nitrogens with one attached hydrogen (secondary N) is 2. The van der Waals surface area contributed by atoms with Crippen LogP contribution in [0.5, 0.6) is 5.75 Å². The third-order valence-electron chi connectivity index (χ3n) is 4.33. The second-order valence-corrected chi connectivity index (χ2v) is 6.05. The summed E-state index contributed by atoms with van der Waals surface area (Å²) in [5.74, 6) is 1.71. The van der Waals surface area contributed by atoms with Crippen molar-refractivity contribution < 1.29 is 4.74 Å². The van der Waals surface area contributed by atoms with Gasteiger partial charge in [-0.3, -0.25) is 9.89 Å². The number of hydrogen-bond acceptors (Lipinski definition) is 4. The third kappa shape index (κ3) is 5.41. The first-order valence-corrected chi connectivity index (χ1v) is 8.08. The molecule has 1 unspecified atom stereocenters. The van der Waals surface area contributed by atoms with E-state index in [-0.39, 0.29) is 0 Å². The van der Waals surface area contributed by atoms with E-state index in [1.807, 2.05) is 12.1 Å². The van der Waals surface area contributed by atoms with E-state index in [1.165, 1.54) is 5.56 Å². The lowest BCUT2D eigenvalue weighted by molar-refractivity contribution is 0.116. The van der Waals surface area contributed by atoms with Gasteiger partial charge in [0.2, 0.25) is 0 Å². The van der Waals surface area contributed by atoms with Crippen molar-refractivity contribution in [3.63, 3.8) is 0 Å². The summed E-state index contributed by atoms with van der Waals surface area (Å²) in [6.45, 7) is 4.96. The van der Waals surface area contributed by atoms with Crippen molar-refractivity contribution in [2.75, 3.05) is 54.4 Å². The summed E-state index contributed by atoms with van der Waals surface area (Å²) in [5, 5.41) is 6.78. The number of hydrogen-bond donors (Lipinski definition) is 2. The summed E-state index contributed by atoms with van der Waals surface area (Å²) >= 11 is 0. The zero-order chi connectivity index (χ0) is 16.7. The summed E-state index contributed by atoms with van der Waals surface area (Å²) in [4.78, 5) is 9.08. The average molecular weight is 319 g/mol. The fraction of sp³-hybridized carbons (Fsp3) is 0.588. The third-order valence-corrected chi connectivity index (χ3v) is 4.33. The van der Waals surface area contributed by atoms with Crippen molar-refractivity contribution >= 4 is 5.96 Å². The van der Waals surface area contributed by atoms with Gasteiger partial charge in [-0.25, -0.2) is 0 Å². The highest BCUT2D eigenvalue weighted by Crippen LogP contribution is 2.10. The first-order valence-electron chi connectivity index (χ1n) is 8.08. The zero-order valence-corrected chi connectivity index (χ0v) is 14.7.